The van der Waals surface area contributed by atoms with E-state index >= 15 is 0 Å². The molecule has 1 heterocycles. The zero-order valence-electron chi connectivity index (χ0n) is 15.9. The van der Waals surface area contributed by atoms with E-state index in [-0.39, 0.29) is 12.4 Å². The van der Waals surface area contributed by atoms with Crippen molar-refractivity contribution in [1.82, 2.24) is 4.90 Å². The van der Waals surface area contributed by atoms with E-state index < -0.39 is 18.6 Å². The second-order valence-electron chi connectivity index (χ2n) is 7.11. The summed E-state index contributed by atoms with van der Waals surface area (Å²) in [6.07, 6.45) is 7.31. The number of aliphatic carboxylic acids is 1. The summed E-state index contributed by atoms with van der Waals surface area (Å²) in [7, 11) is -1.35. The third kappa shape index (κ3) is 6.39. The van der Waals surface area contributed by atoms with Gasteiger partial charge in [-0.1, -0.05) is 45.1 Å². The molecule has 7 heteroatoms. The first-order valence-electron chi connectivity index (χ1n) is 9.36. The van der Waals surface area contributed by atoms with Crippen LogP contribution in [0, 0.1) is 0 Å². The summed E-state index contributed by atoms with van der Waals surface area (Å²) in [4.78, 5) is 14.0. The third-order valence-electron chi connectivity index (χ3n) is 5.34. The maximum Gasteiger partial charge on any atom is 0.451 e. The number of unbranched alkanes of at least 4 members (excludes halogenated alkanes) is 1. The molecule has 0 aromatic carbocycles. The summed E-state index contributed by atoms with van der Waals surface area (Å²) in [6, 6.07) is 0.234. The summed E-state index contributed by atoms with van der Waals surface area (Å²) in [5.41, 5.74) is 7.26. The first-order valence-corrected chi connectivity index (χ1v) is 9.36. The molecule has 5 N–H and O–H groups in total. The average molecular weight is 364 g/mol. The van der Waals surface area contributed by atoms with Crippen LogP contribution in [0.5, 0.6) is 0 Å². The Balaban J connectivity index is 2.72. The van der Waals surface area contributed by atoms with Crippen molar-refractivity contribution < 1.29 is 19.9 Å². The molecule has 1 aliphatic heterocycles. The van der Waals surface area contributed by atoms with Gasteiger partial charge in [0, 0.05) is 12.6 Å². The Morgan fingerprint density at radius 2 is 1.96 bits per heavy atom. The molecule has 0 saturated carbocycles. The lowest BCUT2D eigenvalue weighted by atomic mass is 9.80. The Morgan fingerprint density at radius 1 is 1.31 bits per heavy atom. The van der Waals surface area contributed by atoms with Crippen molar-refractivity contribution in [2.24, 2.45) is 5.73 Å². The normalized spacial score (nSPS) is 20.5. The number of allylic oxidation sites excluding steroid dienone is 1. The van der Waals surface area contributed by atoms with Crippen molar-refractivity contribution in [3.05, 3.63) is 36.5 Å². The van der Waals surface area contributed by atoms with Crippen molar-refractivity contribution in [1.29, 1.82) is 0 Å². The molecule has 1 aliphatic rings. The monoisotopic (exact) mass is 364 g/mol. The van der Waals surface area contributed by atoms with E-state index in [2.05, 4.69) is 25.0 Å². The van der Waals surface area contributed by atoms with Gasteiger partial charge in [0.2, 0.25) is 0 Å². The van der Waals surface area contributed by atoms with Gasteiger partial charge < -0.3 is 20.9 Å². The maximum atomic E-state index is 11.7. The van der Waals surface area contributed by atoms with Crippen molar-refractivity contribution in [3.63, 3.8) is 0 Å². The van der Waals surface area contributed by atoms with Crippen molar-refractivity contribution in [3.8, 4) is 0 Å². The lowest BCUT2D eigenvalue weighted by Crippen LogP contribution is -2.50. The molecule has 0 aromatic rings. The summed E-state index contributed by atoms with van der Waals surface area (Å²) in [5.74, 6) is -0.993. The molecule has 0 aromatic heterocycles. The predicted octanol–water partition coefficient (Wildman–Crippen LogP) is 1.95. The SMILES string of the molecule is C=CC1=C(C=C)CN(CC)C(CCC(N)(CCCCB(O)O)C(=O)O)C1. The van der Waals surface area contributed by atoms with Gasteiger partial charge in [0.25, 0.3) is 0 Å². The van der Waals surface area contributed by atoms with Crippen LogP contribution in [0.1, 0.15) is 45.4 Å². The molecule has 0 spiro atoms. The highest BCUT2D eigenvalue weighted by atomic mass is 16.4. The minimum Gasteiger partial charge on any atom is -0.480 e. The van der Waals surface area contributed by atoms with E-state index in [0.29, 0.717) is 32.1 Å². The van der Waals surface area contributed by atoms with Crippen molar-refractivity contribution in [2.45, 2.75) is 63.3 Å². The molecule has 6 nitrogen and oxygen atoms in total. The van der Waals surface area contributed by atoms with Gasteiger partial charge in [-0.05, 0) is 49.7 Å². The van der Waals surface area contributed by atoms with Crippen molar-refractivity contribution in [2.75, 3.05) is 13.1 Å². The molecule has 0 amide bonds. The van der Waals surface area contributed by atoms with Crippen LogP contribution < -0.4 is 5.73 Å². The summed E-state index contributed by atoms with van der Waals surface area (Å²) in [6.45, 7) is 11.5. The second kappa shape index (κ2) is 10.7. The number of nitrogens with two attached hydrogens (primary N) is 1. The number of carbonyl (C=O) groups is 1. The summed E-state index contributed by atoms with van der Waals surface area (Å²) in [5, 5.41) is 27.4. The minimum atomic E-state index is -1.35. The number of rotatable bonds is 12. The highest BCUT2D eigenvalue weighted by Gasteiger charge is 2.35. The van der Waals surface area contributed by atoms with Crippen LogP contribution >= 0.6 is 0 Å². The summed E-state index contributed by atoms with van der Waals surface area (Å²) >= 11 is 0. The fourth-order valence-electron chi connectivity index (χ4n) is 3.56. The molecule has 0 saturated heterocycles. The average Bonchev–Trinajstić information content (AvgIpc) is 2.62. The van der Waals surface area contributed by atoms with Crippen LogP contribution in [0.25, 0.3) is 0 Å². The molecule has 26 heavy (non-hydrogen) atoms. The molecule has 146 valence electrons. The van der Waals surface area contributed by atoms with E-state index in [4.69, 9.17) is 15.8 Å². The molecule has 0 aliphatic carbocycles. The Kier molecular flexibility index (Phi) is 9.29. The number of hydrogen-bond donors (Lipinski definition) is 4. The van der Waals surface area contributed by atoms with Crippen molar-refractivity contribution >= 4 is 13.1 Å². The van der Waals surface area contributed by atoms with Gasteiger partial charge in [-0.2, -0.15) is 0 Å². The number of carboxylic acid groups (broad SMARTS) is 1. The second-order valence-corrected chi connectivity index (χ2v) is 7.11. The van der Waals surface area contributed by atoms with Gasteiger partial charge in [-0.15, -0.1) is 0 Å². The van der Waals surface area contributed by atoms with Crippen LogP contribution in [-0.2, 0) is 4.79 Å². The van der Waals surface area contributed by atoms with Crippen LogP contribution in [0.15, 0.2) is 36.5 Å². The highest BCUT2D eigenvalue weighted by Crippen LogP contribution is 2.29. The first-order chi connectivity index (χ1) is 12.3. The van der Waals surface area contributed by atoms with Crippen LogP contribution in [-0.4, -0.2) is 57.8 Å². The quantitative estimate of drug-likeness (QED) is 0.312. The minimum absolute atomic E-state index is 0.234. The number of carboxylic acids is 1. The standard InChI is InChI=1S/C19H33BN2O4/c1-4-15-13-17(22(6-3)14-16(15)5-2)9-11-19(21,18(23)24)10-7-8-12-20(25)26/h4-5,17,25-26H,1-2,6-14,21H2,3H3,(H,23,24). The van der Waals surface area contributed by atoms with Crippen LogP contribution in [0.2, 0.25) is 6.32 Å². The molecule has 0 radical (unpaired) electrons. The highest BCUT2D eigenvalue weighted by molar-refractivity contribution is 6.40. The molecule has 0 bridgehead atoms. The van der Waals surface area contributed by atoms with E-state index in [1.165, 1.54) is 11.1 Å². The molecular weight excluding hydrogens is 331 g/mol. The van der Waals surface area contributed by atoms with Crippen LogP contribution in [0.4, 0.5) is 0 Å². The molecule has 1 rings (SSSR count). The number of hydrogen-bond acceptors (Lipinski definition) is 5. The predicted molar refractivity (Wildman–Crippen MR) is 106 cm³/mol. The van der Waals surface area contributed by atoms with Gasteiger partial charge in [0.1, 0.15) is 5.54 Å². The lowest BCUT2D eigenvalue weighted by Gasteiger charge is -2.38. The topological polar surface area (TPSA) is 107 Å². The Morgan fingerprint density at radius 3 is 2.46 bits per heavy atom. The zero-order valence-corrected chi connectivity index (χ0v) is 15.9. The molecular formula is C19H33BN2O4. The van der Waals surface area contributed by atoms with Crippen LogP contribution in [0.3, 0.4) is 0 Å². The van der Waals surface area contributed by atoms with E-state index in [1.807, 2.05) is 12.2 Å². The van der Waals surface area contributed by atoms with Gasteiger partial charge >= 0.3 is 13.1 Å². The first kappa shape index (κ1) is 22.6. The Labute approximate surface area is 157 Å². The fraction of sp³-hybridized carbons (Fsp3) is 0.632. The lowest BCUT2D eigenvalue weighted by molar-refractivity contribution is -0.144. The van der Waals surface area contributed by atoms with E-state index in [9.17, 15) is 9.90 Å². The maximum absolute atomic E-state index is 11.7. The summed E-state index contributed by atoms with van der Waals surface area (Å²) < 4.78 is 0. The van der Waals surface area contributed by atoms with Gasteiger partial charge in [0.05, 0.1) is 0 Å². The van der Waals surface area contributed by atoms with Gasteiger partial charge in [-0.3, -0.25) is 9.69 Å². The molecule has 2 unspecified atom stereocenters. The van der Waals surface area contributed by atoms with E-state index in [0.717, 1.165) is 19.5 Å². The van der Waals surface area contributed by atoms with E-state index in [1.54, 1.807) is 0 Å². The molecule has 0 fully saturated rings. The largest absolute Gasteiger partial charge is 0.480 e. The Bertz CT molecular complexity index is 536. The molecule has 2 atom stereocenters. The number of likely N-dealkylation sites (N-methyl/N-ethyl adjacent to an activating group) is 1. The third-order valence-corrected chi connectivity index (χ3v) is 5.34. The fourth-order valence-corrected chi connectivity index (χ4v) is 3.56. The Hall–Kier alpha value is -1.41. The van der Waals surface area contributed by atoms with Gasteiger partial charge in [0.15, 0.2) is 0 Å². The number of nitrogens with zero attached hydrogens (tertiary/aromatic N) is 1. The smallest absolute Gasteiger partial charge is 0.451 e. The zero-order chi connectivity index (χ0) is 19.7. The van der Waals surface area contributed by atoms with Gasteiger partial charge in [-0.25, -0.2) is 0 Å².